The first kappa shape index (κ1) is 18.5. The molecule has 2 amide bonds. The summed E-state index contributed by atoms with van der Waals surface area (Å²) in [4.78, 5) is 29.3. The number of fused-ring (bicyclic) bond motifs is 1. The van der Waals surface area contributed by atoms with Gasteiger partial charge in [0.05, 0.1) is 15.5 Å². The van der Waals surface area contributed by atoms with Gasteiger partial charge in [-0.2, -0.15) is 0 Å². The maximum atomic E-state index is 13.5. The van der Waals surface area contributed by atoms with Crippen molar-refractivity contribution in [3.8, 4) is 0 Å². The minimum absolute atomic E-state index is 0.0441. The Morgan fingerprint density at radius 1 is 1.26 bits per heavy atom. The highest BCUT2D eigenvalue weighted by atomic mass is 35.5. The molecule has 2 heterocycles. The van der Waals surface area contributed by atoms with Gasteiger partial charge in [-0.15, -0.1) is 0 Å². The molecule has 2 fully saturated rings. The summed E-state index contributed by atoms with van der Waals surface area (Å²) in [5.41, 5.74) is -0.150. The van der Waals surface area contributed by atoms with E-state index in [1.807, 2.05) is 0 Å². The van der Waals surface area contributed by atoms with E-state index in [-0.39, 0.29) is 31.1 Å². The summed E-state index contributed by atoms with van der Waals surface area (Å²) in [7, 11) is 0. The fourth-order valence-electron chi connectivity index (χ4n) is 3.74. The molecule has 27 heavy (non-hydrogen) atoms. The van der Waals surface area contributed by atoms with E-state index in [4.69, 9.17) is 23.2 Å². The number of nitrogens with zero attached hydrogens (tertiary/aromatic N) is 1. The molecule has 1 saturated carbocycles. The molecule has 0 radical (unpaired) electrons. The summed E-state index contributed by atoms with van der Waals surface area (Å²) in [6.45, 7) is 1.88. The van der Waals surface area contributed by atoms with Crippen LogP contribution >= 0.6 is 23.2 Å². The molecule has 4 rings (SSSR count). The van der Waals surface area contributed by atoms with Crippen LogP contribution in [-0.4, -0.2) is 46.8 Å². The van der Waals surface area contributed by atoms with Crippen LogP contribution in [0.15, 0.2) is 18.2 Å². The van der Waals surface area contributed by atoms with Crippen molar-refractivity contribution in [3.05, 3.63) is 33.9 Å². The van der Waals surface area contributed by atoms with E-state index < -0.39 is 23.3 Å². The van der Waals surface area contributed by atoms with E-state index in [9.17, 15) is 18.4 Å². The maximum Gasteiger partial charge on any atom is 0.268 e. The number of nitrogens with one attached hydrogen (secondary N) is 2. The normalized spacial score (nSPS) is 24.4. The maximum absolute atomic E-state index is 13.5. The van der Waals surface area contributed by atoms with E-state index in [0.29, 0.717) is 27.4 Å². The van der Waals surface area contributed by atoms with Crippen molar-refractivity contribution in [1.82, 2.24) is 15.2 Å². The number of H-pyrrole nitrogens is 1. The number of hydrogen-bond acceptors (Lipinski definition) is 2. The average Bonchev–Trinajstić information content (AvgIpc) is 2.97. The van der Waals surface area contributed by atoms with Gasteiger partial charge in [0, 0.05) is 30.4 Å². The van der Waals surface area contributed by atoms with Gasteiger partial charge in [-0.3, -0.25) is 9.59 Å². The van der Waals surface area contributed by atoms with Crippen LogP contribution in [0.25, 0.3) is 10.9 Å². The fraction of sp³-hybridized carbons (Fsp3) is 0.444. The predicted molar refractivity (Wildman–Crippen MR) is 98.4 cm³/mol. The molecule has 2 atom stereocenters. The highest BCUT2D eigenvalue weighted by molar-refractivity contribution is 6.42. The number of rotatable bonds is 3. The number of carbonyl (C=O) groups excluding carboxylic acids is 2. The number of hydrogen-bond donors (Lipinski definition) is 2. The molecule has 1 aliphatic carbocycles. The summed E-state index contributed by atoms with van der Waals surface area (Å²) in [6, 6.07) is 4.04. The molecular weight excluding hydrogens is 399 g/mol. The van der Waals surface area contributed by atoms with Gasteiger partial charge in [-0.05, 0) is 31.5 Å². The van der Waals surface area contributed by atoms with Crippen molar-refractivity contribution in [3.63, 3.8) is 0 Å². The average molecular weight is 416 g/mol. The molecule has 1 aliphatic heterocycles. The molecule has 1 aromatic heterocycles. The second-order valence-electron chi connectivity index (χ2n) is 7.40. The predicted octanol–water partition coefficient (Wildman–Crippen LogP) is 3.85. The number of amides is 2. The molecule has 5 nitrogen and oxygen atoms in total. The quantitative estimate of drug-likeness (QED) is 0.799. The second kappa shape index (κ2) is 6.07. The molecule has 0 unspecified atom stereocenters. The largest absolute Gasteiger partial charge is 0.350 e. The Balaban J connectivity index is 1.43. The first-order chi connectivity index (χ1) is 12.6. The lowest BCUT2D eigenvalue weighted by atomic mass is 10.1. The summed E-state index contributed by atoms with van der Waals surface area (Å²) in [5.74, 6) is -3.50. The molecule has 2 N–H and O–H groups in total. The minimum atomic E-state index is -2.68. The van der Waals surface area contributed by atoms with Crippen molar-refractivity contribution in [2.24, 2.45) is 5.41 Å². The van der Waals surface area contributed by atoms with E-state index in [1.165, 1.54) is 4.90 Å². The summed E-state index contributed by atoms with van der Waals surface area (Å²) in [5, 5.41) is 4.07. The van der Waals surface area contributed by atoms with Crippen molar-refractivity contribution in [2.75, 3.05) is 13.1 Å². The first-order valence-electron chi connectivity index (χ1n) is 8.57. The molecule has 1 saturated heterocycles. The van der Waals surface area contributed by atoms with Gasteiger partial charge in [-0.25, -0.2) is 8.78 Å². The number of alkyl halides is 2. The zero-order valence-electron chi connectivity index (χ0n) is 14.4. The van der Waals surface area contributed by atoms with Crippen LogP contribution in [0.5, 0.6) is 0 Å². The molecule has 2 aromatic rings. The standard InChI is InChI=1S/C18H17Cl2F2N3O2/c1-9(16(27)25-3-2-17(8-25)7-18(17,21)22)23-15(26)14-5-10-4-11(19)12(20)6-13(10)24-14/h4-6,9,24H,2-3,7-8H2,1H3,(H,23,26)/t9-,17-/m1/s1. The van der Waals surface area contributed by atoms with Crippen molar-refractivity contribution in [1.29, 1.82) is 0 Å². The number of likely N-dealkylation sites (tertiary alicyclic amines) is 1. The van der Waals surface area contributed by atoms with Gasteiger partial charge in [0.1, 0.15) is 11.7 Å². The first-order valence-corrected chi connectivity index (χ1v) is 9.33. The van der Waals surface area contributed by atoms with E-state index in [1.54, 1.807) is 25.1 Å². The smallest absolute Gasteiger partial charge is 0.268 e. The topological polar surface area (TPSA) is 65.2 Å². The van der Waals surface area contributed by atoms with E-state index in [0.717, 1.165) is 0 Å². The third kappa shape index (κ3) is 3.06. The zero-order valence-corrected chi connectivity index (χ0v) is 15.9. The van der Waals surface area contributed by atoms with Crippen LogP contribution in [0, 0.1) is 5.41 Å². The lowest BCUT2D eigenvalue weighted by molar-refractivity contribution is -0.132. The zero-order chi connectivity index (χ0) is 19.6. The van der Waals surface area contributed by atoms with Gasteiger partial charge < -0.3 is 15.2 Å². The Kier molecular flexibility index (Phi) is 4.16. The third-order valence-electron chi connectivity index (χ3n) is 5.50. The Morgan fingerprint density at radius 3 is 2.56 bits per heavy atom. The number of aromatic nitrogens is 1. The van der Waals surface area contributed by atoms with Gasteiger partial charge >= 0.3 is 0 Å². The van der Waals surface area contributed by atoms with Gasteiger partial charge in [-0.1, -0.05) is 23.2 Å². The van der Waals surface area contributed by atoms with Gasteiger partial charge in [0.25, 0.3) is 11.8 Å². The highest BCUT2D eigenvalue weighted by Gasteiger charge is 2.73. The van der Waals surface area contributed by atoms with Gasteiger partial charge in [0.15, 0.2) is 0 Å². The van der Waals surface area contributed by atoms with Crippen LogP contribution < -0.4 is 5.32 Å². The van der Waals surface area contributed by atoms with Crippen LogP contribution in [0.3, 0.4) is 0 Å². The second-order valence-corrected chi connectivity index (χ2v) is 8.22. The number of benzene rings is 1. The Labute approximate surface area is 164 Å². The number of aromatic amines is 1. The molecule has 2 aliphatic rings. The highest BCUT2D eigenvalue weighted by Crippen LogP contribution is 2.65. The van der Waals surface area contributed by atoms with Crippen LogP contribution in [0.2, 0.25) is 10.0 Å². The molecule has 1 spiro atoms. The lowest BCUT2D eigenvalue weighted by Crippen LogP contribution is -2.46. The van der Waals surface area contributed by atoms with E-state index in [2.05, 4.69) is 10.3 Å². The van der Waals surface area contributed by atoms with Crippen molar-refractivity contribution in [2.45, 2.75) is 31.7 Å². The summed E-state index contributed by atoms with van der Waals surface area (Å²) >= 11 is 11.9. The van der Waals surface area contributed by atoms with E-state index >= 15 is 0 Å². The van der Waals surface area contributed by atoms with Crippen molar-refractivity contribution < 1.29 is 18.4 Å². The Morgan fingerprint density at radius 2 is 1.93 bits per heavy atom. The number of halogens is 4. The fourth-order valence-corrected chi connectivity index (χ4v) is 4.08. The summed E-state index contributed by atoms with van der Waals surface area (Å²) < 4.78 is 27.0. The van der Waals surface area contributed by atoms with Crippen molar-refractivity contribution >= 4 is 45.9 Å². The van der Waals surface area contributed by atoms with Gasteiger partial charge in [0.2, 0.25) is 5.91 Å². The summed E-state index contributed by atoms with van der Waals surface area (Å²) in [6.07, 6.45) is 0.140. The minimum Gasteiger partial charge on any atom is -0.350 e. The van der Waals surface area contributed by atoms with Crippen LogP contribution in [0.4, 0.5) is 8.78 Å². The SMILES string of the molecule is C[C@@H](NC(=O)c1cc2cc(Cl)c(Cl)cc2[nH]1)C(=O)N1CC[C@]2(C1)CC2(F)F. The molecule has 0 bridgehead atoms. The molecular formula is C18H17Cl2F2N3O2. The molecule has 9 heteroatoms. The molecule has 1 aromatic carbocycles. The molecule has 144 valence electrons. The van der Waals surface area contributed by atoms with Crippen LogP contribution in [0.1, 0.15) is 30.3 Å². The number of carbonyl (C=O) groups is 2. The Bertz CT molecular complexity index is 922. The Hall–Kier alpha value is -1.86. The monoisotopic (exact) mass is 415 g/mol. The van der Waals surface area contributed by atoms with Crippen LogP contribution in [-0.2, 0) is 4.79 Å². The third-order valence-corrected chi connectivity index (χ3v) is 6.22. The lowest BCUT2D eigenvalue weighted by Gasteiger charge is -2.21.